The second kappa shape index (κ2) is 7.30. The molecule has 8 heteroatoms. The molecule has 0 aromatic heterocycles. The molecule has 2 amide bonds. The molecule has 0 radical (unpaired) electrons. The Morgan fingerprint density at radius 3 is 2.19 bits per heavy atom. The number of amides is 2. The number of carboxylic acid groups (broad SMARTS) is 1. The lowest BCUT2D eigenvalue weighted by atomic mass is 10.1. The molecule has 5 nitrogen and oxygen atoms in total. The SMILES string of the molecule is O=C(O)c1ccc(N2CCCN(Cc3ccc(C(F)(F)F)cc3)C2=O)cc1. The number of hydrogen-bond donors (Lipinski definition) is 1. The van der Waals surface area contributed by atoms with E-state index in [2.05, 4.69) is 0 Å². The van der Waals surface area contributed by atoms with Crippen LogP contribution in [0.2, 0.25) is 0 Å². The number of urea groups is 1. The summed E-state index contributed by atoms with van der Waals surface area (Å²) in [5.41, 5.74) is 0.600. The highest BCUT2D eigenvalue weighted by Crippen LogP contribution is 2.29. The molecule has 3 rings (SSSR count). The minimum Gasteiger partial charge on any atom is -0.478 e. The molecule has 1 N–H and O–H groups in total. The van der Waals surface area contributed by atoms with Crippen LogP contribution >= 0.6 is 0 Å². The van der Waals surface area contributed by atoms with Crippen molar-refractivity contribution in [1.29, 1.82) is 0 Å². The molecular weight excluding hydrogens is 361 g/mol. The van der Waals surface area contributed by atoms with Crippen LogP contribution in [0.5, 0.6) is 0 Å². The van der Waals surface area contributed by atoms with Gasteiger partial charge in [-0.25, -0.2) is 9.59 Å². The normalized spacial score (nSPS) is 15.1. The molecule has 0 unspecified atom stereocenters. The number of anilines is 1. The summed E-state index contributed by atoms with van der Waals surface area (Å²) in [5, 5.41) is 8.95. The molecule has 0 spiro atoms. The van der Waals surface area contributed by atoms with E-state index in [0.29, 0.717) is 30.8 Å². The number of aromatic carboxylic acids is 1. The van der Waals surface area contributed by atoms with Gasteiger partial charge in [0.05, 0.1) is 11.1 Å². The molecule has 1 aliphatic heterocycles. The van der Waals surface area contributed by atoms with E-state index in [1.807, 2.05) is 0 Å². The van der Waals surface area contributed by atoms with Crippen LogP contribution in [0.1, 0.15) is 27.9 Å². The molecule has 142 valence electrons. The van der Waals surface area contributed by atoms with Gasteiger partial charge in [0.2, 0.25) is 0 Å². The lowest BCUT2D eigenvalue weighted by Crippen LogP contribution is -2.49. The molecule has 0 bridgehead atoms. The van der Waals surface area contributed by atoms with Crippen molar-refractivity contribution in [3.05, 3.63) is 65.2 Å². The Morgan fingerprint density at radius 2 is 1.63 bits per heavy atom. The molecule has 0 aliphatic carbocycles. The van der Waals surface area contributed by atoms with E-state index in [1.165, 1.54) is 24.3 Å². The van der Waals surface area contributed by atoms with Crippen LogP contribution in [0.3, 0.4) is 0 Å². The smallest absolute Gasteiger partial charge is 0.416 e. The summed E-state index contributed by atoms with van der Waals surface area (Å²) in [6.07, 6.45) is -3.69. The highest BCUT2D eigenvalue weighted by Gasteiger charge is 2.30. The molecule has 2 aromatic carbocycles. The third-order valence-corrected chi connectivity index (χ3v) is 4.39. The van der Waals surface area contributed by atoms with Gasteiger partial charge < -0.3 is 10.0 Å². The van der Waals surface area contributed by atoms with E-state index in [-0.39, 0.29) is 18.1 Å². The molecule has 1 heterocycles. The van der Waals surface area contributed by atoms with Gasteiger partial charge in [-0.1, -0.05) is 12.1 Å². The van der Waals surface area contributed by atoms with Crippen LogP contribution in [0.25, 0.3) is 0 Å². The zero-order valence-corrected chi connectivity index (χ0v) is 14.2. The van der Waals surface area contributed by atoms with Crippen molar-refractivity contribution in [1.82, 2.24) is 4.90 Å². The number of benzene rings is 2. The summed E-state index contributed by atoms with van der Waals surface area (Å²) in [5.74, 6) is -1.05. The number of halogens is 3. The molecule has 0 atom stereocenters. The predicted molar refractivity (Wildman–Crippen MR) is 92.6 cm³/mol. The maximum atomic E-state index is 12.7. The van der Waals surface area contributed by atoms with E-state index in [0.717, 1.165) is 12.1 Å². The van der Waals surface area contributed by atoms with Gasteiger partial charge >= 0.3 is 18.2 Å². The second-order valence-corrected chi connectivity index (χ2v) is 6.26. The fourth-order valence-electron chi connectivity index (χ4n) is 2.97. The van der Waals surface area contributed by atoms with E-state index in [9.17, 15) is 22.8 Å². The van der Waals surface area contributed by atoms with Crippen molar-refractivity contribution in [2.75, 3.05) is 18.0 Å². The van der Waals surface area contributed by atoms with Gasteiger partial charge in [-0.2, -0.15) is 13.2 Å². The third kappa shape index (κ3) is 4.21. The minimum atomic E-state index is -4.39. The van der Waals surface area contributed by atoms with Crippen LogP contribution in [0, 0.1) is 0 Å². The lowest BCUT2D eigenvalue weighted by Gasteiger charge is -2.35. The fourth-order valence-corrected chi connectivity index (χ4v) is 2.97. The Balaban J connectivity index is 1.72. The lowest BCUT2D eigenvalue weighted by molar-refractivity contribution is -0.137. The number of rotatable bonds is 4. The predicted octanol–water partition coefficient (Wildman–Crippen LogP) is 4.24. The first-order valence-electron chi connectivity index (χ1n) is 8.31. The van der Waals surface area contributed by atoms with Gasteiger partial charge in [-0.05, 0) is 48.4 Å². The van der Waals surface area contributed by atoms with Gasteiger partial charge in [0, 0.05) is 25.3 Å². The standard InChI is InChI=1S/C19H17F3N2O3/c20-19(21,22)15-6-2-13(3-7-15)12-23-10-1-11-24(18(23)27)16-8-4-14(5-9-16)17(25)26/h2-9H,1,10-12H2,(H,25,26). The molecular formula is C19H17F3N2O3. The minimum absolute atomic E-state index is 0.129. The van der Waals surface area contributed by atoms with Crippen LogP contribution in [-0.4, -0.2) is 35.1 Å². The Bertz CT molecular complexity index is 833. The van der Waals surface area contributed by atoms with Gasteiger partial charge in [0.25, 0.3) is 0 Å². The first-order chi connectivity index (χ1) is 12.8. The number of alkyl halides is 3. The van der Waals surface area contributed by atoms with Crippen molar-refractivity contribution in [2.45, 2.75) is 19.1 Å². The van der Waals surface area contributed by atoms with Crippen molar-refractivity contribution < 1.29 is 27.9 Å². The summed E-state index contributed by atoms with van der Waals surface area (Å²) in [6.45, 7) is 1.21. The second-order valence-electron chi connectivity index (χ2n) is 6.26. The van der Waals surface area contributed by atoms with Crippen molar-refractivity contribution in [2.24, 2.45) is 0 Å². The first kappa shape index (κ1) is 18.8. The maximum Gasteiger partial charge on any atom is 0.416 e. The maximum absolute atomic E-state index is 12.7. The monoisotopic (exact) mass is 378 g/mol. The van der Waals surface area contributed by atoms with E-state index < -0.39 is 17.7 Å². The Kier molecular flexibility index (Phi) is 5.07. The summed E-state index contributed by atoms with van der Waals surface area (Å²) in [6, 6.07) is 10.5. The Labute approximate surface area is 153 Å². The van der Waals surface area contributed by atoms with Crippen molar-refractivity contribution >= 4 is 17.7 Å². The molecule has 27 heavy (non-hydrogen) atoms. The van der Waals surface area contributed by atoms with Crippen LogP contribution < -0.4 is 4.90 Å². The zero-order chi connectivity index (χ0) is 19.6. The molecule has 1 saturated heterocycles. The molecule has 1 aliphatic rings. The summed E-state index contributed by atoms with van der Waals surface area (Å²) in [4.78, 5) is 26.8. The van der Waals surface area contributed by atoms with E-state index in [4.69, 9.17) is 5.11 Å². The quantitative estimate of drug-likeness (QED) is 0.866. The Morgan fingerprint density at radius 1 is 1.00 bits per heavy atom. The number of carboxylic acids is 1. The van der Waals surface area contributed by atoms with Crippen LogP contribution in [-0.2, 0) is 12.7 Å². The number of carbonyl (C=O) groups is 2. The van der Waals surface area contributed by atoms with Crippen LogP contribution in [0.15, 0.2) is 48.5 Å². The molecule has 2 aromatic rings. The molecule has 0 saturated carbocycles. The van der Waals surface area contributed by atoms with Crippen LogP contribution in [0.4, 0.5) is 23.7 Å². The zero-order valence-electron chi connectivity index (χ0n) is 14.2. The highest BCUT2D eigenvalue weighted by molar-refractivity contribution is 5.94. The molecule has 1 fully saturated rings. The summed E-state index contributed by atoms with van der Waals surface area (Å²) >= 11 is 0. The average molecular weight is 378 g/mol. The average Bonchev–Trinajstić information content (AvgIpc) is 2.63. The van der Waals surface area contributed by atoms with Gasteiger partial charge in [-0.15, -0.1) is 0 Å². The van der Waals surface area contributed by atoms with Crippen molar-refractivity contribution in [3.8, 4) is 0 Å². The highest BCUT2D eigenvalue weighted by atomic mass is 19.4. The van der Waals surface area contributed by atoms with E-state index in [1.54, 1.807) is 21.9 Å². The van der Waals surface area contributed by atoms with Gasteiger partial charge in [0.1, 0.15) is 0 Å². The van der Waals surface area contributed by atoms with Gasteiger partial charge in [-0.3, -0.25) is 4.90 Å². The number of nitrogens with zero attached hydrogens (tertiary/aromatic N) is 2. The number of carbonyl (C=O) groups excluding carboxylic acids is 1. The largest absolute Gasteiger partial charge is 0.478 e. The topological polar surface area (TPSA) is 60.9 Å². The number of hydrogen-bond acceptors (Lipinski definition) is 2. The summed E-state index contributed by atoms with van der Waals surface area (Å²) in [7, 11) is 0. The summed E-state index contributed by atoms with van der Waals surface area (Å²) < 4.78 is 37.9. The fraction of sp³-hybridized carbons (Fsp3) is 0.263. The van der Waals surface area contributed by atoms with E-state index >= 15 is 0 Å². The first-order valence-corrected chi connectivity index (χ1v) is 8.31. The van der Waals surface area contributed by atoms with Gasteiger partial charge in [0.15, 0.2) is 0 Å². The third-order valence-electron chi connectivity index (χ3n) is 4.39. The Hall–Kier alpha value is -3.03. The van der Waals surface area contributed by atoms with Crippen molar-refractivity contribution in [3.63, 3.8) is 0 Å².